The topological polar surface area (TPSA) is 151 Å². The predicted octanol–water partition coefficient (Wildman–Crippen LogP) is 1.51. The van der Waals surface area contributed by atoms with Crippen molar-refractivity contribution in [1.82, 2.24) is 9.21 Å². The Morgan fingerprint density at radius 2 is 1.79 bits per heavy atom. The molecule has 1 heterocycles. The van der Waals surface area contributed by atoms with Gasteiger partial charge < -0.3 is 15.4 Å². The monoisotopic (exact) mass is 491 g/mol. The van der Waals surface area contributed by atoms with Crippen LogP contribution >= 0.6 is 0 Å². The van der Waals surface area contributed by atoms with Gasteiger partial charge in [-0.1, -0.05) is 6.07 Å². The summed E-state index contributed by atoms with van der Waals surface area (Å²) >= 11 is 0. The highest BCUT2D eigenvalue weighted by molar-refractivity contribution is 7.89. The summed E-state index contributed by atoms with van der Waals surface area (Å²) in [6, 6.07) is 9.79. The lowest BCUT2D eigenvalue weighted by molar-refractivity contribution is -0.385. The zero-order chi connectivity index (χ0) is 24.9. The van der Waals surface area contributed by atoms with Crippen LogP contribution in [-0.2, 0) is 19.6 Å². The average Bonchev–Trinajstić information content (AvgIpc) is 2.79. The normalized spacial score (nSPS) is 14.9. The second-order valence-electron chi connectivity index (χ2n) is 7.58. The van der Waals surface area contributed by atoms with E-state index in [4.69, 9.17) is 4.74 Å². The molecule has 0 bridgehead atoms. The molecule has 0 saturated carbocycles. The van der Waals surface area contributed by atoms with E-state index in [0.29, 0.717) is 30.2 Å². The number of nitrogens with one attached hydrogen (secondary N) is 2. The van der Waals surface area contributed by atoms with Crippen LogP contribution < -0.4 is 15.4 Å². The molecule has 0 unspecified atom stereocenters. The minimum Gasteiger partial charge on any atom is -0.495 e. The minimum absolute atomic E-state index is 0.0260. The molecule has 1 aliphatic rings. The highest BCUT2D eigenvalue weighted by Gasteiger charge is 2.30. The number of ether oxygens (including phenoxy) is 1. The van der Waals surface area contributed by atoms with Gasteiger partial charge in [-0.2, -0.15) is 4.31 Å². The zero-order valence-electron chi connectivity index (χ0n) is 18.7. The second kappa shape index (κ2) is 10.6. The van der Waals surface area contributed by atoms with Crippen molar-refractivity contribution in [3.63, 3.8) is 0 Å². The first-order chi connectivity index (χ1) is 16.1. The maximum absolute atomic E-state index is 12.9. The van der Waals surface area contributed by atoms with E-state index >= 15 is 0 Å². The number of hydrogen-bond donors (Lipinski definition) is 2. The molecule has 2 amide bonds. The first kappa shape index (κ1) is 25.1. The van der Waals surface area contributed by atoms with Crippen LogP contribution in [0.2, 0.25) is 0 Å². The van der Waals surface area contributed by atoms with Crippen molar-refractivity contribution in [3.8, 4) is 5.75 Å². The molecule has 0 spiro atoms. The summed E-state index contributed by atoms with van der Waals surface area (Å²) in [4.78, 5) is 35.9. The molecule has 2 N–H and O–H groups in total. The SMILES string of the molecule is COc1ccc(NC(C)=O)cc1NC(=O)CN1CCN(S(=O)(=O)c2cccc([N+](=O)[O-])c2)CC1. The van der Waals surface area contributed by atoms with Crippen LogP contribution in [0.3, 0.4) is 0 Å². The number of rotatable bonds is 8. The summed E-state index contributed by atoms with van der Waals surface area (Å²) in [5.74, 6) is -0.149. The lowest BCUT2D eigenvalue weighted by atomic mass is 10.2. The number of carbonyl (C=O) groups is 2. The van der Waals surface area contributed by atoms with E-state index in [0.717, 1.165) is 6.07 Å². The van der Waals surface area contributed by atoms with E-state index in [1.165, 1.54) is 36.5 Å². The third-order valence-electron chi connectivity index (χ3n) is 5.16. The van der Waals surface area contributed by atoms with E-state index in [-0.39, 0.29) is 42.0 Å². The molecule has 0 radical (unpaired) electrons. The van der Waals surface area contributed by atoms with Gasteiger partial charge in [-0.25, -0.2) is 8.42 Å². The number of methoxy groups -OCH3 is 1. The quantitative estimate of drug-likeness (QED) is 0.416. The van der Waals surface area contributed by atoms with Crippen molar-refractivity contribution >= 4 is 38.9 Å². The fraction of sp³-hybridized carbons (Fsp3) is 0.333. The Kier molecular flexibility index (Phi) is 7.81. The number of amides is 2. The number of hydrogen-bond acceptors (Lipinski definition) is 8. The summed E-state index contributed by atoms with van der Waals surface area (Å²) in [7, 11) is -2.43. The molecule has 182 valence electrons. The lowest BCUT2D eigenvalue weighted by Gasteiger charge is -2.33. The Bertz CT molecular complexity index is 1190. The Morgan fingerprint density at radius 1 is 1.09 bits per heavy atom. The van der Waals surface area contributed by atoms with Crippen LogP contribution in [0.1, 0.15) is 6.92 Å². The van der Waals surface area contributed by atoms with Gasteiger partial charge in [0.05, 0.1) is 29.2 Å². The Hall–Kier alpha value is -3.55. The number of carbonyl (C=O) groups excluding carboxylic acids is 2. The molecule has 0 aliphatic carbocycles. The van der Waals surface area contributed by atoms with Gasteiger partial charge in [-0.3, -0.25) is 24.6 Å². The average molecular weight is 492 g/mol. The summed E-state index contributed by atoms with van der Waals surface area (Å²) in [5.41, 5.74) is 0.601. The Balaban J connectivity index is 1.60. The molecule has 1 aliphatic heterocycles. The van der Waals surface area contributed by atoms with E-state index in [2.05, 4.69) is 10.6 Å². The number of nitro benzene ring substituents is 1. The van der Waals surface area contributed by atoms with Crippen LogP contribution in [0.15, 0.2) is 47.4 Å². The van der Waals surface area contributed by atoms with Crippen LogP contribution in [-0.4, -0.2) is 74.2 Å². The second-order valence-corrected chi connectivity index (χ2v) is 9.52. The summed E-state index contributed by atoms with van der Waals surface area (Å²) in [5, 5.41) is 16.4. The van der Waals surface area contributed by atoms with Gasteiger partial charge in [0.2, 0.25) is 21.8 Å². The largest absolute Gasteiger partial charge is 0.495 e. The maximum atomic E-state index is 12.9. The molecule has 12 nitrogen and oxygen atoms in total. The summed E-state index contributed by atoms with van der Waals surface area (Å²) in [6.45, 7) is 2.30. The fourth-order valence-corrected chi connectivity index (χ4v) is 4.98. The van der Waals surface area contributed by atoms with Crippen LogP contribution in [0.25, 0.3) is 0 Å². The van der Waals surface area contributed by atoms with Crippen molar-refractivity contribution in [2.75, 3.05) is 50.5 Å². The molecule has 34 heavy (non-hydrogen) atoms. The van der Waals surface area contributed by atoms with Gasteiger partial charge in [0, 0.05) is 50.9 Å². The molecule has 1 fully saturated rings. The first-order valence-electron chi connectivity index (χ1n) is 10.3. The van der Waals surface area contributed by atoms with E-state index in [9.17, 15) is 28.1 Å². The van der Waals surface area contributed by atoms with Gasteiger partial charge in [-0.15, -0.1) is 0 Å². The fourth-order valence-electron chi connectivity index (χ4n) is 3.51. The van der Waals surface area contributed by atoms with Crippen molar-refractivity contribution in [3.05, 3.63) is 52.6 Å². The number of nitro groups is 1. The third-order valence-corrected chi connectivity index (χ3v) is 7.05. The molecular weight excluding hydrogens is 466 g/mol. The number of benzene rings is 2. The number of non-ortho nitro benzene ring substituents is 1. The molecule has 0 atom stereocenters. The predicted molar refractivity (Wildman–Crippen MR) is 124 cm³/mol. The molecule has 3 rings (SSSR count). The molecule has 13 heteroatoms. The van der Waals surface area contributed by atoms with Crippen molar-refractivity contribution in [2.45, 2.75) is 11.8 Å². The molecule has 1 saturated heterocycles. The molecular formula is C21H25N5O7S. The molecule has 2 aromatic rings. The summed E-state index contributed by atoms with van der Waals surface area (Å²) < 4.78 is 32.3. The highest BCUT2D eigenvalue weighted by atomic mass is 32.2. The smallest absolute Gasteiger partial charge is 0.270 e. The summed E-state index contributed by atoms with van der Waals surface area (Å²) in [6.07, 6.45) is 0. The minimum atomic E-state index is -3.89. The lowest BCUT2D eigenvalue weighted by Crippen LogP contribution is -2.50. The van der Waals surface area contributed by atoms with Gasteiger partial charge in [0.25, 0.3) is 5.69 Å². The van der Waals surface area contributed by atoms with Gasteiger partial charge in [-0.05, 0) is 24.3 Å². The molecule has 2 aromatic carbocycles. The van der Waals surface area contributed by atoms with Crippen molar-refractivity contribution < 1.29 is 27.7 Å². The first-order valence-corrected chi connectivity index (χ1v) is 11.8. The third kappa shape index (κ3) is 6.07. The van der Waals surface area contributed by atoms with E-state index in [1.807, 2.05) is 0 Å². The Labute approximate surface area is 196 Å². The van der Waals surface area contributed by atoms with Gasteiger partial charge in [0.1, 0.15) is 5.75 Å². The van der Waals surface area contributed by atoms with Gasteiger partial charge in [0.15, 0.2) is 0 Å². The Morgan fingerprint density at radius 3 is 2.41 bits per heavy atom. The highest BCUT2D eigenvalue weighted by Crippen LogP contribution is 2.28. The van der Waals surface area contributed by atoms with Gasteiger partial charge >= 0.3 is 0 Å². The van der Waals surface area contributed by atoms with E-state index in [1.54, 1.807) is 23.1 Å². The van der Waals surface area contributed by atoms with Crippen molar-refractivity contribution in [1.29, 1.82) is 0 Å². The standard InChI is InChI=1S/C21H25N5O7S/c1-15(27)22-16-6-7-20(33-2)19(12-16)23-21(28)14-24-8-10-25(11-9-24)34(31,32)18-5-3-4-17(13-18)26(29)30/h3-7,12-13H,8-11,14H2,1-2H3,(H,22,27)(H,23,28). The molecule has 0 aromatic heterocycles. The zero-order valence-corrected chi connectivity index (χ0v) is 19.5. The van der Waals surface area contributed by atoms with Crippen LogP contribution in [0, 0.1) is 10.1 Å². The number of anilines is 2. The number of nitrogens with zero attached hydrogens (tertiary/aromatic N) is 3. The van der Waals surface area contributed by atoms with Crippen molar-refractivity contribution in [2.24, 2.45) is 0 Å². The van der Waals surface area contributed by atoms with Crippen LogP contribution in [0.5, 0.6) is 5.75 Å². The number of piperazine rings is 1. The van der Waals surface area contributed by atoms with Crippen LogP contribution in [0.4, 0.5) is 17.1 Å². The maximum Gasteiger partial charge on any atom is 0.270 e. The van der Waals surface area contributed by atoms with E-state index < -0.39 is 14.9 Å². The number of sulfonamides is 1.